The van der Waals surface area contributed by atoms with Gasteiger partial charge in [0.25, 0.3) is 5.91 Å². The standard InChI is InChI=1S/C19H20N2O3/c1-2-13-3-5-14(6-4-13)18(22)20-21-10-9-15-11-16(19(23)24)7-8-17(15)12-21/h3-8,11H,2,9-10,12H2,1H3,(H,20,22)(H,23,24). The number of carbonyl (C=O) groups excluding carboxylic acids is 1. The summed E-state index contributed by atoms with van der Waals surface area (Å²) in [6, 6.07) is 12.8. The molecule has 1 amide bonds. The molecule has 5 nitrogen and oxygen atoms in total. The van der Waals surface area contributed by atoms with E-state index in [-0.39, 0.29) is 5.91 Å². The van der Waals surface area contributed by atoms with E-state index in [9.17, 15) is 9.59 Å². The van der Waals surface area contributed by atoms with Crippen molar-refractivity contribution in [1.82, 2.24) is 10.4 Å². The Hall–Kier alpha value is -2.66. The summed E-state index contributed by atoms with van der Waals surface area (Å²) in [4.78, 5) is 23.4. The van der Waals surface area contributed by atoms with Gasteiger partial charge in [0.2, 0.25) is 0 Å². The van der Waals surface area contributed by atoms with E-state index < -0.39 is 5.97 Å². The van der Waals surface area contributed by atoms with Crippen LogP contribution in [0.2, 0.25) is 0 Å². The summed E-state index contributed by atoms with van der Waals surface area (Å²) in [7, 11) is 0. The Kier molecular flexibility index (Phi) is 4.62. The number of aromatic carboxylic acids is 1. The smallest absolute Gasteiger partial charge is 0.335 e. The van der Waals surface area contributed by atoms with Crippen molar-refractivity contribution in [3.05, 3.63) is 70.3 Å². The largest absolute Gasteiger partial charge is 0.478 e. The van der Waals surface area contributed by atoms with Crippen molar-refractivity contribution in [2.24, 2.45) is 0 Å². The number of carbonyl (C=O) groups is 2. The molecule has 24 heavy (non-hydrogen) atoms. The highest BCUT2D eigenvalue weighted by atomic mass is 16.4. The molecular weight excluding hydrogens is 304 g/mol. The molecule has 2 aromatic rings. The Bertz CT molecular complexity index is 769. The average Bonchev–Trinajstić information content (AvgIpc) is 2.61. The number of aryl methyl sites for hydroxylation is 1. The Morgan fingerprint density at radius 1 is 1.08 bits per heavy atom. The molecule has 1 aliphatic heterocycles. The van der Waals surface area contributed by atoms with Crippen molar-refractivity contribution in [2.45, 2.75) is 26.3 Å². The van der Waals surface area contributed by atoms with Gasteiger partial charge in [0.15, 0.2) is 0 Å². The quantitative estimate of drug-likeness (QED) is 0.907. The molecule has 0 unspecified atom stereocenters. The lowest BCUT2D eigenvalue weighted by Crippen LogP contribution is -2.45. The molecule has 3 rings (SSSR count). The number of nitrogens with one attached hydrogen (secondary N) is 1. The molecule has 1 aliphatic rings. The summed E-state index contributed by atoms with van der Waals surface area (Å²) in [5, 5.41) is 10.9. The predicted octanol–water partition coefficient (Wildman–Crippen LogP) is 2.65. The molecule has 2 N–H and O–H groups in total. The monoisotopic (exact) mass is 324 g/mol. The Morgan fingerprint density at radius 2 is 1.79 bits per heavy atom. The van der Waals surface area contributed by atoms with E-state index in [1.54, 1.807) is 12.1 Å². The van der Waals surface area contributed by atoms with Gasteiger partial charge in [-0.3, -0.25) is 10.2 Å². The molecule has 0 aliphatic carbocycles. The number of hydrogen-bond acceptors (Lipinski definition) is 3. The number of carboxylic acids is 1. The van der Waals surface area contributed by atoms with Crippen LogP contribution in [0, 0.1) is 0 Å². The van der Waals surface area contributed by atoms with E-state index in [0.29, 0.717) is 30.6 Å². The highest BCUT2D eigenvalue weighted by molar-refractivity contribution is 5.93. The van der Waals surface area contributed by atoms with Gasteiger partial charge < -0.3 is 5.11 Å². The van der Waals surface area contributed by atoms with E-state index in [0.717, 1.165) is 17.5 Å². The molecule has 0 aromatic heterocycles. The summed E-state index contributed by atoms with van der Waals surface area (Å²) >= 11 is 0. The first-order valence-corrected chi connectivity index (χ1v) is 8.07. The highest BCUT2D eigenvalue weighted by Crippen LogP contribution is 2.19. The van der Waals surface area contributed by atoms with Gasteiger partial charge in [-0.2, -0.15) is 0 Å². The molecule has 0 bridgehead atoms. The summed E-state index contributed by atoms with van der Waals surface area (Å²) in [5.41, 5.74) is 7.16. The van der Waals surface area contributed by atoms with Crippen molar-refractivity contribution in [1.29, 1.82) is 0 Å². The topological polar surface area (TPSA) is 69.6 Å². The highest BCUT2D eigenvalue weighted by Gasteiger charge is 2.19. The fourth-order valence-corrected chi connectivity index (χ4v) is 2.88. The van der Waals surface area contributed by atoms with Crippen LogP contribution in [0.5, 0.6) is 0 Å². The second-order valence-corrected chi connectivity index (χ2v) is 5.95. The molecule has 0 atom stereocenters. The number of fused-ring (bicyclic) bond motifs is 1. The molecule has 2 aromatic carbocycles. The van der Waals surface area contributed by atoms with Crippen LogP contribution < -0.4 is 5.43 Å². The van der Waals surface area contributed by atoms with Crippen molar-refractivity contribution in [3.63, 3.8) is 0 Å². The minimum atomic E-state index is -0.913. The van der Waals surface area contributed by atoms with Crippen molar-refractivity contribution in [3.8, 4) is 0 Å². The van der Waals surface area contributed by atoms with Crippen molar-refractivity contribution in [2.75, 3.05) is 6.54 Å². The van der Waals surface area contributed by atoms with Crippen LogP contribution >= 0.6 is 0 Å². The minimum Gasteiger partial charge on any atom is -0.478 e. The maximum absolute atomic E-state index is 12.3. The van der Waals surface area contributed by atoms with Gasteiger partial charge in [0.05, 0.1) is 5.56 Å². The number of hydrogen-bond donors (Lipinski definition) is 2. The average molecular weight is 324 g/mol. The van der Waals surface area contributed by atoms with Gasteiger partial charge in [-0.05, 0) is 53.8 Å². The fourth-order valence-electron chi connectivity index (χ4n) is 2.88. The Labute approximate surface area is 140 Å². The van der Waals surface area contributed by atoms with Crippen LogP contribution in [-0.4, -0.2) is 28.5 Å². The van der Waals surface area contributed by atoms with Crippen LogP contribution in [-0.2, 0) is 19.4 Å². The maximum Gasteiger partial charge on any atom is 0.335 e. The number of carboxylic acid groups (broad SMARTS) is 1. The van der Waals surface area contributed by atoms with Gasteiger partial charge in [-0.15, -0.1) is 0 Å². The van der Waals surface area contributed by atoms with E-state index in [2.05, 4.69) is 12.3 Å². The molecule has 124 valence electrons. The second kappa shape index (κ2) is 6.84. The van der Waals surface area contributed by atoms with Crippen LogP contribution in [0.1, 0.15) is 44.3 Å². The first-order valence-electron chi connectivity index (χ1n) is 8.07. The van der Waals surface area contributed by atoms with Gasteiger partial charge >= 0.3 is 5.97 Å². The lowest BCUT2D eigenvalue weighted by molar-refractivity contribution is 0.0696. The first kappa shape index (κ1) is 16.2. The number of amides is 1. The predicted molar refractivity (Wildman–Crippen MR) is 90.8 cm³/mol. The summed E-state index contributed by atoms with van der Waals surface area (Å²) in [5.74, 6) is -1.03. The van der Waals surface area contributed by atoms with Crippen LogP contribution in [0.3, 0.4) is 0 Å². The lowest BCUT2D eigenvalue weighted by Gasteiger charge is -2.29. The normalized spacial score (nSPS) is 14.0. The van der Waals surface area contributed by atoms with Gasteiger partial charge in [0.1, 0.15) is 0 Å². The Balaban J connectivity index is 1.67. The van der Waals surface area contributed by atoms with Gasteiger partial charge in [0, 0.05) is 18.7 Å². The number of rotatable bonds is 4. The number of hydrazine groups is 1. The zero-order valence-corrected chi connectivity index (χ0v) is 13.6. The van der Waals surface area contributed by atoms with E-state index >= 15 is 0 Å². The molecule has 5 heteroatoms. The first-order chi connectivity index (χ1) is 11.6. The molecule has 0 radical (unpaired) electrons. The molecule has 0 saturated heterocycles. The lowest BCUT2D eigenvalue weighted by atomic mass is 9.98. The fraction of sp³-hybridized carbons (Fsp3) is 0.263. The third kappa shape index (κ3) is 3.46. The van der Waals surface area contributed by atoms with Crippen LogP contribution in [0.4, 0.5) is 0 Å². The zero-order valence-electron chi connectivity index (χ0n) is 13.6. The molecule has 0 saturated carbocycles. The van der Waals surface area contributed by atoms with Gasteiger partial charge in [-0.1, -0.05) is 25.1 Å². The van der Waals surface area contributed by atoms with Crippen molar-refractivity contribution < 1.29 is 14.7 Å². The van der Waals surface area contributed by atoms with Crippen LogP contribution in [0.25, 0.3) is 0 Å². The van der Waals surface area contributed by atoms with Crippen LogP contribution in [0.15, 0.2) is 42.5 Å². The summed E-state index contributed by atoms with van der Waals surface area (Å²) in [6.45, 7) is 3.32. The number of benzene rings is 2. The zero-order chi connectivity index (χ0) is 17.1. The molecule has 0 fully saturated rings. The maximum atomic E-state index is 12.3. The Morgan fingerprint density at radius 3 is 2.46 bits per heavy atom. The molecule has 1 heterocycles. The molecule has 0 spiro atoms. The third-order valence-electron chi connectivity index (χ3n) is 4.35. The van der Waals surface area contributed by atoms with E-state index in [4.69, 9.17) is 5.11 Å². The van der Waals surface area contributed by atoms with E-state index in [1.165, 1.54) is 5.56 Å². The minimum absolute atomic E-state index is 0.122. The summed E-state index contributed by atoms with van der Waals surface area (Å²) in [6.07, 6.45) is 1.66. The molecular formula is C19H20N2O3. The summed E-state index contributed by atoms with van der Waals surface area (Å²) < 4.78 is 0. The van der Waals surface area contributed by atoms with Crippen molar-refractivity contribution >= 4 is 11.9 Å². The SMILES string of the molecule is CCc1ccc(C(=O)NN2CCc3cc(C(=O)O)ccc3C2)cc1. The second-order valence-electron chi connectivity index (χ2n) is 5.95. The third-order valence-corrected chi connectivity index (χ3v) is 4.35. The number of nitrogens with zero attached hydrogens (tertiary/aromatic N) is 1. The van der Waals surface area contributed by atoms with Gasteiger partial charge in [-0.25, -0.2) is 9.80 Å². The van der Waals surface area contributed by atoms with E-state index in [1.807, 2.05) is 35.3 Å².